The van der Waals surface area contributed by atoms with Gasteiger partial charge in [0, 0.05) is 0 Å². The molecule has 0 bridgehead atoms. The number of ether oxygens (including phenoxy) is 1. The molecule has 0 aliphatic carbocycles. The van der Waals surface area contributed by atoms with Crippen molar-refractivity contribution in [2.45, 2.75) is 38.5 Å². The lowest BCUT2D eigenvalue weighted by Gasteiger charge is -2.26. The van der Waals surface area contributed by atoms with Crippen LogP contribution in [0, 0.1) is 5.82 Å². The number of hydrogen-bond acceptors (Lipinski definition) is 1. The standard InChI is InChI=1S/C28H27FO/c1-28(2,24-16-15-22-10-6-7-11-23(22)20-24)18-8-9-21-14-17-26(29)27(19-21)30-25-12-4-3-5-13-25/h3-7,10-17,19-20H,8-9,18H2,1-2H3. The Morgan fingerprint density at radius 2 is 1.50 bits per heavy atom. The molecule has 152 valence electrons. The minimum Gasteiger partial charge on any atom is -0.454 e. The van der Waals surface area contributed by atoms with Gasteiger partial charge in [-0.3, -0.25) is 0 Å². The summed E-state index contributed by atoms with van der Waals surface area (Å²) < 4.78 is 19.9. The molecule has 0 spiro atoms. The predicted molar refractivity (Wildman–Crippen MR) is 123 cm³/mol. The van der Waals surface area contributed by atoms with Crippen molar-refractivity contribution in [3.05, 3.63) is 108 Å². The molecule has 0 heterocycles. The van der Waals surface area contributed by atoms with E-state index in [1.54, 1.807) is 0 Å². The van der Waals surface area contributed by atoms with Crippen molar-refractivity contribution in [2.24, 2.45) is 0 Å². The first-order chi connectivity index (χ1) is 14.5. The maximum Gasteiger partial charge on any atom is 0.165 e. The van der Waals surface area contributed by atoms with Crippen molar-refractivity contribution in [1.29, 1.82) is 0 Å². The second-order valence-electron chi connectivity index (χ2n) is 8.48. The van der Waals surface area contributed by atoms with Crippen molar-refractivity contribution < 1.29 is 9.13 Å². The molecule has 0 aliphatic heterocycles. The molecule has 4 rings (SSSR count). The van der Waals surface area contributed by atoms with E-state index in [0.717, 1.165) is 24.8 Å². The molecule has 0 radical (unpaired) electrons. The fourth-order valence-corrected chi connectivity index (χ4v) is 3.89. The summed E-state index contributed by atoms with van der Waals surface area (Å²) in [4.78, 5) is 0. The maximum absolute atomic E-state index is 14.2. The van der Waals surface area contributed by atoms with Gasteiger partial charge in [-0.25, -0.2) is 4.39 Å². The number of para-hydroxylation sites is 1. The highest BCUT2D eigenvalue weighted by Crippen LogP contribution is 2.32. The lowest BCUT2D eigenvalue weighted by molar-refractivity contribution is 0.439. The van der Waals surface area contributed by atoms with Gasteiger partial charge < -0.3 is 4.74 Å². The molecule has 4 aromatic carbocycles. The Balaban J connectivity index is 1.42. The molecule has 4 aromatic rings. The largest absolute Gasteiger partial charge is 0.454 e. The highest BCUT2D eigenvalue weighted by molar-refractivity contribution is 5.83. The Labute approximate surface area is 178 Å². The normalized spacial score (nSPS) is 11.6. The minimum absolute atomic E-state index is 0.0768. The molecule has 0 atom stereocenters. The zero-order valence-electron chi connectivity index (χ0n) is 17.6. The SMILES string of the molecule is CC(C)(CCCc1ccc(F)c(Oc2ccccc2)c1)c1ccc2ccccc2c1. The molecular weight excluding hydrogens is 371 g/mol. The number of halogens is 1. The Bertz CT molecular complexity index is 1130. The third kappa shape index (κ3) is 4.71. The molecule has 0 aliphatic rings. The molecule has 0 N–H and O–H groups in total. The van der Waals surface area contributed by atoms with Gasteiger partial charge in [-0.05, 0) is 70.8 Å². The average molecular weight is 399 g/mol. The summed E-state index contributed by atoms with van der Waals surface area (Å²) in [6.45, 7) is 4.59. The van der Waals surface area contributed by atoms with Crippen molar-refractivity contribution >= 4 is 10.8 Å². The van der Waals surface area contributed by atoms with Crippen molar-refractivity contribution in [3.8, 4) is 11.5 Å². The number of fused-ring (bicyclic) bond motifs is 1. The molecule has 0 saturated heterocycles. The second kappa shape index (κ2) is 8.71. The van der Waals surface area contributed by atoms with Crippen molar-refractivity contribution in [2.75, 3.05) is 0 Å². The fourth-order valence-electron chi connectivity index (χ4n) is 3.89. The topological polar surface area (TPSA) is 9.23 Å². The van der Waals surface area contributed by atoms with Crippen LogP contribution in [0.1, 0.15) is 37.8 Å². The van der Waals surface area contributed by atoms with E-state index in [-0.39, 0.29) is 17.0 Å². The summed E-state index contributed by atoms with van der Waals surface area (Å²) in [6.07, 6.45) is 2.97. The van der Waals surface area contributed by atoms with E-state index >= 15 is 0 Å². The van der Waals surface area contributed by atoms with Gasteiger partial charge in [0.05, 0.1) is 0 Å². The Morgan fingerprint density at radius 3 is 2.30 bits per heavy atom. The van der Waals surface area contributed by atoms with Crippen LogP contribution in [-0.2, 0) is 11.8 Å². The van der Waals surface area contributed by atoms with E-state index < -0.39 is 0 Å². The second-order valence-corrected chi connectivity index (χ2v) is 8.48. The molecule has 0 fully saturated rings. The monoisotopic (exact) mass is 398 g/mol. The number of benzene rings is 4. The van der Waals surface area contributed by atoms with Gasteiger partial charge in [0.2, 0.25) is 0 Å². The van der Waals surface area contributed by atoms with Crippen molar-refractivity contribution in [3.63, 3.8) is 0 Å². The Kier molecular flexibility index (Phi) is 5.85. The van der Waals surface area contributed by atoms with Crippen LogP contribution < -0.4 is 4.74 Å². The summed E-state index contributed by atoms with van der Waals surface area (Å²) in [5, 5.41) is 2.55. The highest BCUT2D eigenvalue weighted by Gasteiger charge is 2.20. The van der Waals surface area contributed by atoms with E-state index in [2.05, 4.69) is 56.3 Å². The lowest BCUT2D eigenvalue weighted by atomic mass is 9.79. The molecule has 0 unspecified atom stereocenters. The number of rotatable bonds is 7. The molecule has 0 saturated carbocycles. The summed E-state index contributed by atoms with van der Waals surface area (Å²) in [6, 6.07) is 29.8. The first-order valence-electron chi connectivity index (χ1n) is 10.5. The van der Waals surface area contributed by atoms with Gasteiger partial charge in [-0.2, -0.15) is 0 Å². The van der Waals surface area contributed by atoms with E-state index in [1.807, 2.05) is 42.5 Å². The van der Waals surface area contributed by atoms with Crippen LogP contribution >= 0.6 is 0 Å². The van der Waals surface area contributed by atoms with Gasteiger partial charge in [0.1, 0.15) is 5.75 Å². The lowest BCUT2D eigenvalue weighted by Crippen LogP contribution is -2.17. The minimum atomic E-state index is -0.334. The highest BCUT2D eigenvalue weighted by atomic mass is 19.1. The summed E-state index contributed by atoms with van der Waals surface area (Å²) >= 11 is 0. The fraction of sp³-hybridized carbons (Fsp3) is 0.214. The van der Waals surface area contributed by atoms with Gasteiger partial charge in [-0.1, -0.05) is 80.6 Å². The molecule has 30 heavy (non-hydrogen) atoms. The maximum atomic E-state index is 14.2. The third-order valence-corrected chi connectivity index (χ3v) is 5.76. The van der Waals surface area contributed by atoms with E-state index in [9.17, 15) is 4.39 Å². The Hall–Kier alpha value is -3.13. The Morgan fingerprint density at radius 1 is 0.767 bits per heavy atom. The van der Waals surface area contributed by atoms with Gasteiger partial charge >= 0.3 is 0 Å². The quantitative estimate of drug-likeness (QED) is 0.306. The third-order valence-electron chi connectivity index (χ3n) is 5.76. The van der Waals surface area contributed by atoms with Gasteiger partial charge in [0.15, 0.2) is 11.6 Å². The summed E-state index contributed by atoms with van der Waals surface area (Å²) in [7, 11) is 0. The van der Waals surface area contributed by atoms with E-state index in [4.69, 9.17) is 4.74 Å². The molecule has 0 amide bonds. The smallest absolute Gasteiger partial charge is 0.165 e. The van der Waals surface area contributed by atoms with Crippen LogP contribution in [0.4, 0.5) is 4.39 Å². The molecular formula is C28H27FO. The number of aryl methyl sites for hydroxylation is 1. The average Bonchev–Trinajstić information content (AvgIpc) is 2.76. The van der Waals surface area contributed by atoms with Crippen molar-refractivity contribution in [1.82, 2.24) is 0 Å². The first kappa shape index (κ1) is 20.2. The molecule has 0 aromatic heterocycles. The first-order valence-corrected chi connectivity index (χ1v) is 10.5. The predicted octanol–water partition coefficient (Wildman–Crippen LogP) is 8.07. The van der Waals surface area contributed by atoms with Gasteiger partial charge in [0.25, 0.3) is 0 Å². The van der Waals surface area contributed by atoms with Crippen LogP contribution in [0.25, 0.3) is 10.8 Å². The number of hydrogen-bond donors (Lipinski definition) is 0. The van der Waals surface area contributed by atoms with Crippen LogP contribution in [0.5, 0.6) is 11.5 Å². The molecule has 2 heteroatoms. The van der Waals surface area contributed by atoms with Crippen LogP contribution in [-0.4, -0.2) is 0 Å². The summed E-state index contributed by atoms with van der Waals surface area (Å²) in [5.41, 5.74) is 2.53. The molecule has 1 nitrogen and oxygen atoms in total. The zero-order valence-corrected chi connectivity index (χ0v) is 17.6. The summed E-state index contributed by atoms with van der Waals surface area (Å²) in [5.74, 6) is 0.595. The van der Waals surface area contributed by atoms with Crippen LogP contribution in [0.2, 0.25) is 0 Å². The zero-order chi connectivity index (χ0) is 21.0. The van der Waals surface area contributed by atoms with Crippen LogP contribution in [0.15, 0.2) is 91.0 Å². The van der Waals surface area contributed by atoms with E-state index in [0.29, 0.717) is 5.75 Å². The van der Waals surface area contributed by atoms with Gasteiger partial charge in [-0.15, -0.1) is 0 Å². The van der Waals surface area contributed by atoms with Crippen LogP contribution in [0.3, 0.4) is 0 Å². The van der Waals surface area contributed by atoms with E-state index in [1.165, 1.54) is 22.4 Å².